The van der Waals surface area contributed by atoms with Crippen LogP contribution in [-0.4, -0.2) is 49.0 Å². The minimum absolute atomic E-state index is 0.0418. The summed E-state index contributed by atoms with van der Waals surface area (Å²) in [5.74, 6) is -0.136. The molecule has 192 valence electrons. The molecule has 0 fully saturated rings. The molecule has 2 heterocycles. The number of rotatable bonds is 9. The molecule has 2 aliphatic rings. The fourth-order valence-electron chi connectivity index (χ4n) is 3.93. The third-order valence-electron chi connectivity index (χ3n) is 5.75. The van der Waals surface area contributed by atoms with Crippen LogP contribution in [0.15, 0.2) is 46.0 Å². The zero-order valence-corrected chi connectivity index (χ0v) is 20.7. The van der Waals surface area contributed by atoms with Gasteiger partial charge in [-0.25, -0.2) is 14.2 Å². The first-order valence-corrected chi connectivity index (χ1v) is 12.1. The summed E-state index contributed by atoms with van der Waals surface area (Å²) in [4.78, 5) is 34.9. The van der Waals surface area contributed by atoms with E-state index in [1.807, 2.05) is 32.9 Å². The van der Waals surface area contributed by atoms with Crippen LogP contribution < -0.4 is 16.6 Å². The van der Waals surface area contributed by atoms with Crippen LogP contribution in [0.1, 0.15) is 37.8 Å². The quantitative estimate of drug-likeness (QED) is 0.261. The van der Waals surface area contributed by atoms with E-state index >= 15 is 0 Å². The highest BCUT2D eigenvalue weighted by Gasteiger charge is 2.20. The molecule has 4 N–H and O–H groups in total. The summed E-state index contributed by atoms with van der Waals surface area (Å²) in [7, 11) is 0. The molecule has 36 heavy (non-hydrogen) atoms. The molecule has 0 bridgehead atoms. The van der Waals surface area contributed by atoms with E-state index in [0.717, 1.165) is 16.8 Å². The molecule has 0 amide bonds. The summed E-state index contributed by atoms with van der Waals surface area (Å²) < 4.78 is 14.8. The number of fused-ring (bicyclic) bond motifs is 2. The Bertz CT molecular complexity index is 1380. The van der Waals surface area contributed by atoms with Crippen LogP contribution in [-0.2, 0) is 13.0 Å². The fraction of sp³-hybridized carbons (Fsp3) is 0.385. The Hall–Kier alpha value is -3.63. The molecule has 0 aromatic heterocycles. The third kappa shape index (κ3) is 6.32. The largest absolute Gasteiger partial charge is 0.396 e. The van der Waals surface area contributed by atoms with Crippen LogP contribution in [0.2, 0.25) is 0 Å². The molecule has 0 saturated heterocycles. The number of H-pyrrole nitrogens is 1. The molecule has 0 saturated carbocycles. The Balaban J connectivity index is 0.00000176. The molecular formula is C26H32FN5O4. The molecule has 9 nitrogen and oxygen atoms in total. The topological polar surface area (TPSA) is 133 Å². The van der Waals surface area contributed by atoms with Gasteiger partial charge in [-0.1, -0.05) is 26.0 Å². The van der Waals surface area contributed by atoms with Gasteiger partial charge in [-0.05, 0) is 61.6 Å². The summed E-state index contributed by atoms with van der Waals surface area (Å²) in [6.07, 6.45) is 0.460. The van der Waals surface area contributed by atoms with Crippen molar-refractivity contribution in [1.82, 2.24) is 19.5 Å². The Kier molecular flexibility index (Phi) is 9.26. The highest BCUT2D eigenvalue weighted by Crippen LogP contribution is 2.27. The Labute approximate surface area is 208 Å². The molecule has 0 spiro atoms. The van der Waals surface area contributed by atoms with E-state index in [-0.39, 0.29) is 36.9 Å². The second kappa shape index (κ2) is 12.4. The van der Waals surface area contributed by atoms with E-state index in [9.17, 15) is 19.1 Å². The van der Waals surface area contributed by atoms with Crippen molar-refractivity contribution in [2.24, 2.45) is 0 Å². The highest BCUT2D eigenvalue weighted by molar-refractivity contribution is 5.84. The monoisotopic (exact) mass is 497 g/mol. The minimum atomic E-state index is -0.770. The van der Waals surface area contributed by atoms with Crippen molar-refractivity contribution in [1.29, 1.82) is 0 Å². The van der Waals surface area contributed by atoms with Crippen LogP contribution in [0.5, 0.6) is 0 Å². The number of nitrogens with one attached hydrogen (secondary N) is 2. The zero-order valence-electron chi connectivity index (χ0n) is 20.7. The van der Waals surface area contributed by atoms with Gasteiger partial charge in [-0.3, -0.25) is 9.78 Å². The molecule has 0 aliphatic carbocycles. The SMILES string of the molecule is CC.Cc1cc2nc3c(=O)[nH]c(=O)nc-3n(CCC(O)CCO)c2cc1NCCc1ccc(F)cc1. The van der Waals surface area contributed by atoms with Gasteiger partial charge < -0.3 is 20.1 Å². The van der Waals surface area contributed by atoms with E-state index < -0.39 is 17.4 Å². The molecule has 2 aromatic carbocycles. The summed E-state index contributed by atoms with van der Waals surface area (Å²) in [5.41, 5.74) is 2.60. The van der Waals surface area contributed by atoms with Gasteiger partial charge in [0.15, 0.2) is 11.5 Å². The molecule has 2 aliphatic heterocycles. The maximum absolute atomic E-state index is 13.1. The summed E-state index contributed by atoms with van der Waals surface area (Å²) in [6, 6.07) is 10.1. The average Bonchev–Trinajstić information content (AvgIpc) is 2.85. The van der Waals surface area contributed by atoms with Crippen LogP contribution in [0.3, 0.4) is 0 Å². The lowest BCUT2D eigenvalue weighted by Crippen LogP contribution is -2.29. The van der Waals surface area contributed by atoms with E-state index in [2.05, 4.69) is 20.3 Å². The molecule has 1 atom stereocenters. The Morgan fingerprint density at radius 3 is 2.53 bits per heavy atom. The predicted octanol–water partition coefficient (Wildman–Crippen LogP) is 2.85. The second-order valence-corrected chi connectivity index (χ2v) is 8.22. The summed E-state index contributed by atoms with van der Waals surface area (Å²) in [5, 5.41) is 22.6. The lowest BCUT2D eigenvalue weighted by molar-refractivity contribution is 0.121. The maximum atomic E-state index is 13.1. The number of aryl methyl sites for hydroxylation is 2. The van der Waals surface area contributed by atoms with Crippen molar-refractivity contribution in [3.63, 3.8) is 0 Å². The minimum Gasteiger partial charge on any atom is -0.396 e. The smallest absolute Gasteiger partial charge is 0.349 e. The lowest BCUT2D eigenvalue weighted by Gasteiger charge is -2.20. The van der Waals surface area contributed by atoms with Crippen LogP contribution >= 0.6 is 0 Å². The molecular weight excluding hydrogens is 465 g/mol. The number of halogens is 1. The first-order valence-electron chi connectivity index (χ1n) is 12.1. The second-order valence-electron chi connectivity index (χ2n) is 8.22. The van der Waals surface area contributed by atoms with Gasteiger partial charge >= 0.3 is 5.69 Å². The number of benzene rings is 2. The van der Waals surface area contributed by atoms with Gasteiger partial charge in [-0.15, -0.1) is 0 Å². The highest BCUT2D eigenvalue weighted by atomic mass is 19.1. The fourth-order valence-corrected chi connectivity index (χ4v) is 3.93. The normalized spacial score (nSPS) is 11.8. The van der Waals surface area contributed by atoms with Crippen LogP contribution in [0.25, 0.3) is 22.6 Å². The van der Waals surface area contributed by atoms with Crippen molar-refractivity contribution in [2.75, 3.05) is 18.5 Å². The number of hydrogen-bond acceptors (Lipinski definition) is 7. The van der Waals surface area contributed by atoms with Gasteiger partial charge in [0.1, 0.15) is 5.82 Å². The summed E-state index contributed by atoms with van der Waals surface area (Å²) in [6.45, 7) is 6.65. The van der Waals surface area contributed by atoms with Gasteiger partial charge in [0.25, 0.3) is 5.56 Å². The van der Waals surface area contributed by atoms with Crippen molar-refractivity contribution in [3.8, 4) is 11.5 Å². The third-order valence-corrected chi connectivity index (χ3v) is 5.75. The van der Waals surface area contributed by atoms with E-state index in [0.29, 0.717) is 30.4 Å². The molecule has 1 unspecified atom stereocenters. The Morgan fingerprint density at radius 1 is 1.11 bits per heavy atom. The van der Waals surface area contributed by atoms with Crippen LogP contribution in [0.4, 0.5) is 10.1 Å². The number of anilines is 1. The van der Waals surface area contributed by atoms with Crippen molar-refractivity contribution in [2.45, 2.75) is 52.7 Å². The first-order chi connectivity index (χ1) is 17.4. The average molecular weight is 498 g/mol. The lowest BCUT2D eigenvalue weighted by atomic mass is 10.1. The van der Waals surface area contributed by atoms with Crippen molar-refractivity contribution >= 4 is 16.7 Å². The Morgan fingerprint density at radius 2 is 1.83 bits per heavy atom. The number of aliphatic hydroxyl groups is 2. The van der Waals surface area contributed by atoms with Gasteiger partial charge in [0.2, 0.25) is 0 Å². The molecule has 0 radical (unpaired) electrons. The van der Waals surface area contributed by atoms with Crippen LogP contribution in [0, 0.1) is 12.7 Å². The number of aliphatic hydroxyl groups excluding tert-OH is 2. The predicted molar refractivity (Wildman–Crippen MR) is 138 cm³/mol. The number of aromatic nitrogens is 4. The van der Waals surface area contributed by atoms with Gasteiger partial charge in [-0.2, -0.15) is 4.98 Å². The molecule has 4 rings (SSSR count). The van der Waals surface area contributed by atoms with Crippen molar-refractivity contribution in [3.05, 3.63) is 74.2 Å². The van der Waals surface area contributed by atoms with E-state index in [1.165, 1.54) is 12.1 Å². The first kappa shape index (κ1) is 27.0. The summed E-state index contributed by atoms with van der Waals surface area (Å²) >= 11 is 0. The zero-order chi connectivity index (χ0) is 26.2. The number of aromatic amines is 1. The molecule has 10 heteroatoms. The van der Waals surface area contributed by atoms with E-state index in [1.54, 1.807) is 16.7 Å². The van der Waals surface area contributed by atoms with Gasteiger partial charge in [0.05, 0.1) is 17.1 Å². The molecule has 2 aromatic rings. The number of nitrogens with zero attached hydrogens (tertiary/aromatic N) is 3. The number of hydrogen-bond donors (Lipinski definition) is 4. The standard InChI is InChI=1S/C24H26FN5O4.C2H6/c1-14-12-19-20(13-18(14)26-9-6-15-2-4-16(25)5-3-15)30(10-7-17(32)8-11-31)22-21(27-19)23(33)29-24(34)28-22;1-2/h2-5,12-13,17,26,31-32H,6-11H2,1H3,(H,29,33,34);1-2H3. The maximum Gasteiger partial charge on any atom is 0.349 e. The van der Waals surface area contributed by atoms with Crippen molar-refractivity contribution < 1.29 is 14.6 Å². The van der Waals surface area contributed by atoms with E-state index in [4.69, 9.17) is 5.11 Å². The van der Waals surface area contributed by atoms with Gasteiger partial charge in [0, 0.05) is 25.4 Å².